The minimum Gasteiger partial charge on any atom is -0.366 e. The summed E-state index contributed by atoms with van der Waals surface area (Å²) in [5.41, 5.74) is 6.04. The molecule has 0 spiro atoms. The Morgan fingerprint density at radius 3 is 2.90 bits per heavy atom. The van der Waals surface area contributed by atoms with Gasteiger partial charge in [0.15, 0.2) is 0 Å². The number of carbonyl (C=O) groups is 1. The van der Waals surface area contributed by atoms with E-state index in [9.17, 15) is 4.79 Å². The molecule has 0 bridgehead atoms. The van der Waals surface area contributed by atoms with Crippen LogP contribution in [0, 0.1) is 13.0 Å². The lowest BCUT2D eigenvalue weighted by atomic mass is 10.2. The number of hydrogen-bond donors (Lipinski definition) is 1. The zero-order valence-electron chi connectivity index (χ0n) is 5.59. The second-order valence-electron chi connectivity index (χ2n) is 1.93. The molecule has 0 aliphatic rings. The van der Waals surface area contributed by atoms with Crippen molar-refractivity contribution in [1.29, 1.82) is 0 Å². The number of aryl methyl sites for hydroxylation is 1. The number of amides is 1. The molecule has 3 nitrogen and oxygen atoms in total. The second kappa shape index (κ2) is 2.47. The molecule has 1 rings (SSSR count). The first kappa shape index (κ1) is 6.74. The van der Waals surface area contributed by atoms with Crippen LogP contribution in [0.15, 0.2) is 12.3 Å². The van der Waals surface area contributed by atoms with Gasteiger partial charge in [-0.2, -0.15) is 0 Å². The Bertz CT molecular complexity index is 258. The van der Waals surface area contributed by atoms with Crippen molar-refractivity contribution < 1.29 is 4.79 Å². The predicted octanol–water partition coefficient (Wildman–Crippen LogP) is 0.289. The summed E-state index contributed by atoms with van der Waals surface area (Å²) in [6, 6.07) is 4.26. The van der Waals surface area contributed by atoms with E-state index in [0.29, 0.717) is 11.3 Å². The summed E-state index contributed by atoms with van der Waals surface area (Å²) in [4.78, 5) is 14.4. The Balaban J connectivity index is 3.07. The minimum absolute atomic E-state index is 0.382. The van der Waals surface area contributed by atoms with Crippen molar-refractivity contribution in [2.24, 2.45) is 5.73 Å². The van der Waals surface area contributed by atoms with Gasteiger partial charge in [0.1, 0.15) is 0 Å². The van der Waals surface area contributed by atoms with Gasteiger partial charge in [0.25, 0.3) is 0 Å². The van der Waals surface area contributed by atoms with Crippen LogP contribution in [0.4, 0.5) is 0 Å². The number of hydrogen-bond acceptors (Lipinski definition) is 2. The van der Waals surface area contributed by atoms with Gasteiger partial charge < -0.3 is 5.73 Å². The summed E-state index contributed by atoms with van der Waals surface area (Å²) >= 11 is 0. The molecule has 0 atom stereocenters. The third-order valence-electron chi connectivity index (χ3n) is 1.09. The lowest BCUT2D eigenvalue weighted by Gasteiger charge is -1.93. The van der Waals surface area contributed by atoms with Crippen LogP contribution >= 0.6 is 0 Å². The van der Waals surface area contributed by atoms with E-state index in [1.807, 2.05) is 0 Å². The lowest BCUT2D eigenvalue weighted by molar-refractivity contribution is 0.1000. The molecule has 0 unspecified atom stereocenters. The Labute approximate surface area is 58.9 Å². The first-order valence-electron chi connectivity index (χ1n) is 2.85. The molecule has 10 heavy (non-hydrogen) atoms. The van der Waals surface area contributed by atoms with Gasteiger partial charge in [0, 0.05) is 18.0 Å². The molecular weight excluding hydrogens is 128 g/mol. The standard InChI is InChI=1S/C7H7N2O/c1-5-4-6(7(8)10)2-3-9-5/h2-3H,1H3,(H2,8,10). The molecule has 0 aliphatic carbocycles. The number of nitrogens with zero attached hydrogens (tertiary/aromatic N) is 1. The van der Waals surface area contributed by atoms with E-state index >= 15 is 0 Å². The Morgan fingerprint density at radius 1 is 1.80 bits per heavy atom. The van der Waals surface area contributed by atoms with Crippen molar-refractivity contribution in [2.75, 3.05) is 0 Å². The van der Waals surface area contributed by atoms with E-state index in [-0.39, 0.29) is 0 Å². The molecule has 0 fully saturated rings. The summed E-state index contributed by atoms with van der Waals surface area (Å²) in [7, 11) is 0. The van der Waals surface area contributed by atoms with Crippen molar-refractivity contribution in [3.05, 3.63) is 29.6 Å². The summed E-state index contributed by atoms with van der Waals surface area (Å²) in [5.74, 6) is -0.467. The highest BCUT2D eigenvalue weighted by molar-refractivity contribution is 5.92. The van der Waals surface area contributed by atoms with E-state index in [2.05, 4.69) is 11.1 Å². The first-order chi connectivity index (χ1) is 4.70. The Kier molecular flexibility index (Phi) is 1.67. The fourth-order valence-corrected chi connectivity index (χ4v) is 0.636. The second-order valence-corrected chi connectivity index (χ2v) is 1.93. The number of aromatic nitrogens is 1. The summed E-state index contributed by atoms with van der Waals surface area (Å²) < 4.78 is 0. The van der Waals surface area contributed by atoms with Crippen LogP contribution in [0.25, 0.3) is 0 Å². The van der Waals surface area contributed by atoms with Crippen molar-refractivity contribution in [3.8, 4) is 0 Å². The number of pyridine rings is 1. The molecule has 3 heteroatoms. The van der Waals surface area contributed by atoms with Crippen molar-refractivity contribution in [3.63, 3.8) is 0 Å². The molecule has 0 aromatic carbocycles. The van der Waals surface area contributed by atoms with E-state index in [1.54, 1.807) is 6.92 Å². The maximum Gasteiger partial charge on any atom is 0.249 e. The SMILES string of the molecule is Cc1[c]c(C(N)=O)ccn1. The highest BCUT2D eigenvalue weighted by Crippen LogP contribution is 1.96. The third-order valence-corrected chi connectivity index (χ3v) is 1.09. The van der Waals surface area contributed by atoms with Gasteiger partial charge in [0.2, 0.25) is 5.91 Å². The molecule has 0 saturated heterocycles. The summed E-state index contributed by atoms with van der Waals surface area (Å²) in [6.45, 7) is 1.76. The number of rotatable bonds is 1. The maximum atomic E-state index is 10.5. The topological polar surface area (TPSA) is 56.0 Å². The van der Waals surface area contributed by atoms with Gasteiger partial charge in [-0.15, -0.1) is 0 Å². The molecule has 1 aromatic rings. The van der Waals surface area contributed by atoms with Crippen molar-refractivity contribution >= 4 is 5.91 Å². The minimum atomic E-state index is -0.467. The van der Waals surface area contributed by atoms with Gasteiger partial charge in [0.05, 0.1) is 5.56 Å². The van der Waals surface area contributed by atoms with Gasteiger partial charge in [-0.3, -0.25) is 9.78 Å². The van der Waals surface area contributed by atoms with Gasteiger partial charge in [-0.1, -0.05) is 0 Å². The van der Waals surface area contributed by atoms with Gasteiger partial charge in [-0.25, -0.2) is 0 Å². The van der Waals surface area contributed by atoms with Gasteiger partial charge >= 0.3 is 0 Å². The van der Waals surface area contributed by atoms with Crippen molar-refractivity contribution in [1.82, 2.24) is 4.98 Å². The Hall–Kier alpha value is -1.38. The van der Waals surface area contributed by atoms with E-state index in [4.69, 9.17) is 5.73 Å². The van der Waals surface area contributed by atoms with E-state index < -0.39 is 5.91 Å². The monoisotopic (exact) mass is 135 g/mol. The van der Waals surface area contributed by atoms with Crippen LogP contribution in [0.2, 0.25) is 0 Å². The number of carbonyl (C=O) groups excluding carboxylic acids is 1. The van der Waals surface area contributed by atoms with Gasteiger partial charge in [-0.05, 0) is 13.0 Å². The molecule has 0 aliphatic heterocycles. The fraction of sp³-hybridized carbons (Fsp3) is 0.143. The fourth-order valence-electron chi connectivity index (χ4n) is 0.636. The molecule has 1 amide bonds. The van der Waals surface area contributed by atoms with Crippen molar-refractivity contribution in [2.45, 2.75) is 6.92 Å². The van der Waals surface area contributed by atoms with Crippen LogP contribution in [-0.2, 0) is 0 Å². The number of primary amides is 1. The van der Waals surface area contributed by atoms with Crippen LogP contribution in [0.5, 0.6) is 0 Å². The van der Waals surface area contributed by atoms with E-state index in [1.165, 1.54) is 12.3 Å². The Morgan fingerprint density at radius 2 is 2.50 bits per heavy atom. The highest BCUT2D eigenvalue weighted by atomic mass is 16.1. The molecule has 51 valence electrons. The predicted molar refractivity (Wildman–Crippen MR) is 36.3 cm³/mol. The molecule has 2 N–H and O–H groups in total. The van der Waals surface area contributed by atoms with Crippen LogP contribution < -0.4 is 5.73 Å². The average molecular weight is 135 g/mol. The first-order valence-corrected chi connectivity index (χ1v) is 2.85. The molecule has 1 heterocycles. The van der Waals surface area contributed by atoms with Crippen LogP contribution in [0.1, 0.15) is 16.1 Å². The largest absolute Gasteiger partial charge is 0.366 e. The van der Waals surface area contributed by atoms with Crippen LogP contribution in [-0.4, -0.2) is 10.9 Å². The quantitative estimate of drug-likeness (QED) is 0.601. The van der Waals surface area contributed by atoms with E-state index in [0.717, 1.165) is 0 Å². The average Bonchev–Trinajstić information content (AvgIpc) is 1.88. The normalized spacial score (nSPS) is 9.30. The van der Waals surface area contributed by atoms with Crippen LogP contribution in [0.3, 0.4) is 0 Å². The highest BCUT2D eigenvalue weighted by Gasteiger charge is 1.98. The summed E-state index contributed by atoms with van der Waals surface area (Å²) in [5, 5.41) is 0. The maximum absolute atomic E-state index is 10.5. The smallest absolute Gasteiger partial charge is 0.249 e. The molecular formula is C7H7N2O. The zero-order chi connectivity index (χ0) is 7.56. The number of nitrogens with two attached hydrogens (primary N) is 1. The lowest BCUT2D eigenvalue weighted by Crippen LogP contribution is -2.11. The third kappa shape index (κ3) is 1.31. The summed E-state index contributed by atoms with van der Waals surface area (Å²) in [6.07, 6.45) is 1.53. The zero-order valence-corrected chi connectivity index (χ0v) is 5.59. The molecule has 1 aromatic heterocycles. The molecule has 0 saturated carbocycles. The molecule has 1 radical (unpaired) electrons.